The third kappa shape index (κ3) is 3.91. The van der Waals surface area contributed by atoms with Gasteiger partial charge in [0, 0.05) is 5.56 Å². The molecule has 0 spiro atoms. The van der Waals surface area contributed by atoms with Gasteiger partial charge in [-0.3, -0.25) is 9.59 Å². The number of carbonyl (C=O) groups is 2. The van der Waals surface area contributed by atoms with Crippen LogP contribution in [0.5, 0.6) is 5.75 Å². The second-order valence-corrected chi connectivity index (χ2v) is 6.19. The molecule has 8 nitrogen and oxygen atoms in total. The highest BCUT2D eigenvalue weighted by atomic mass is 16.5. The lowest BCUT2D eigenvalue weighted by atomic mass is 9.93. The van der Waals surface area contributed by atoms with Crippen molar-refractivity contribution in [3.8, 4) is 5.75 Å². The number of aliphatic hydroxyl groups is 1. The maximum atomic E-state index is 12.3. The fourth-order valence-electron chi connectivity index (χ4n) is 2.73. The van der Waals surface area contributed by atoms with Gasteiger partial charge < -0.3 is 29.3 Å². The van der Waals surface area contributed by atoms with E-state index in [1.165, 1.54) is 25.9 Å². The van der Waals surface area contributed by atoms with E-state index in [1.807, 2.05) is 13.0 Å². The molecule has 3 rings (SSSR count). The molecule has 3 N–H and O–H groups in total. The van der Waals surface area contributed by atoms with E-state index < -0.39 is 17.4 Å². The number of hydrogen-bond donors (Lipinski definition) is 3. The van der Waals surface area contributed by atoms with Gasteiger partial charge in [0.15, 0.2) is 5.60 Å². The SMILES string of the molecule is COc1ccc(C)cc1NC(=O)C(=O)NCC(O)(c1ccoc1)c1ccco1. The van der Waals surface area contributed by atoms with Gasteiger partial charge in [0.2, 0.25) is 0 Å². The Hall–Kier alpha value is -3.52. The molecule has 3 aromatic rings. The number of hydrogen-bond acceptors (Lipinski definition) is 6. The lowest BCUT2D eigenvalue weighted by molar-refractivity contribution is -0.136. The fraction of sp³-hybridized carbons (Fsp3) is 0.200. The Morgan fingerprint density at radius 2 is 2.00 bits per heavy atom. The highest BCUT2D eigenvalue weighted by Crippen LogP contribution is 2.30. The van der Waals surface area contributed by atoms with E-state index in [4.69, 9.17) is 13.6 Å². The van der Waals surface area contributed by atoms with Gasteiger partial charge in [0.1, 0.15) is 11.5 Å². The van der Waals surface area contributed by atoms with Crippen LogP contribution in [0.3, 0.4) is 0 Å². The molecule has 1 aromatic carbocycles. The molecule has 0 saturated heterocycles. The predicted octanol–water partition coefficient (Wildman–Crippen LogP) is 2.18. The minimum absolute atomic E-state index is 0.204. The zero-order valence-corrected chi connectivity index (χ0v) is 15.4. The summed E-state index contributed by atoms with van der Waals surface area (Å²) >= 11 is 0. The highest BCUT2D eigenvalue weighted by molar-refractivity contribution is 6.39. The molecule has 1 unspecified atom stereocenters. The first kappa shape index (κ1) is 19.2. The number of aryl methyl sites for hydroxylation is 1. The van der Waals surface area contributed by atoms with Crippen molar-refractivity contribution in [1.82, 2.24) is 5.32 Å². The van der Waals surface area contributed by atoms with Crippen LogP contribution < -0.4 is 15.4 Å². The molecule has 0 aliphatic heterocycles. The van der Waals surface area contributed by atoms with E-state index in [0.29, 0.717) is 17.0 Å². The molecular formula is C20H20N2O6. The third-order valence-corrected chi connectivity index (χ3v) is 4.24. The molecule has 0 saturated carbocycles. The Morgan fingerprint density at radius 1 is 1.18 bits per heavy atom. The van der Waals surface area contributed by atoms with E-state index in [2.05, 4.69) is 10.6 Å². The molecule has 8 heteroatoms. The van der Waals surface area contributed by atoms with Crippen molar-refractivity contribution in [2.75, 3.05) is 19.0 Å². The third-order valence-electron chi connectivity index (χ3n) is 4.24. The summed E-state index contributed by atoms with van der Waals surface area (Å²) in [6, 6.07) is 9.93. The minimum Gasteiger partial charge on any atom is -0.495 e. The Morgan fingerprint density at radius 3 is 2.64 bits per heavy atom. The molecule has 28 heavy (non-hydrogen) atoms. The van der Waals surface area contributed by atoms with Gasteiger partial charge in [0.25, 0.3) is 0 Å². The number of ether oxygens (including phenoxy) is 1. The molecule has 0 radical (unpaired) electrons. The van der Waals surface area contributed by atoms with Crippen LogP contribution in [0, 0.1) is 6.92 Å². The number of benzene rings is 1. The topological polar surface area (TPSA) is 114 Å². The largest absolute Gasteiger partial charge is 0.495 e. The van der Waals surface area contributed by atoms with E-state index in [9.17, 15) is 14.7 Å². The smallest absolute Gasteiger partial charge is 0.313 e. The molecule has 0 aliphatic carbocycles. The summed E-state index contributed by atoms with van der Waals surface area (Å²) in [7, 11) is 1.47. The first-order chi connectivity index (χ1) is 13.4. The second-order valence-electron chi connectivity index (χ2n) is 6.19. The Bertz CT molecular complexity index is 913. The average Bonchev–Trinajstić information content (AvgIpc) is 3.40. The van der Waals surface area contributed by atoms with Crippen molar-refractivity contribution >= 4 is 17.5 Å². The van der Waals surface area contributed by atoms with Crippen LogP contribution in [0.1, 0.15) is 16.9 Å². The fourth-order valence-corrected chi connectivity index (χ4v) is 2.73. The normalized spacial score (nSPS) is 12.8. The summed E-state index contributed by atoms with van der Waals surface area (Å²) in [6.07, 6.45) is 4.13. The maximum Gasteiger partial charge on any atom is 0.313 e. The van der Waals surface area contributed by atoms with Gasteiger partial charge in [-0.05, 0) is 42.8 Å². The van der Waals surface area contributed by atoms with E-state index in [0.717, 1.165) is 5.56 Å². The van der Waals surface area contributed by atoms with Gasteiger partial charge >= 0.3 is 11.8 Å². The van der Waals surface area contributed by atoms with E-state index in [1.54, 1.807) is 30.3 Å². The molecule has 146 valence electrons. The molecule has 2 heterocycles. The number of carbonyl (C=O) groups excluding carboxylic acids is 2. The molecule has 0 bridgehead atoms. The molecule has 2 amide bonds. The number of methoxy groups -OCH3 is 1. The van der Waals surface area contributed by atoms with Crippen molar-refractivity contribution < 1.29 is 28.3 Å². The van der Waals surface area contributed by atoms with E-state index in [-0.39, 0.29) is 12.3 Å². The number of anilines is 1. The van der Waals surface area contributed by atoms with Gasteiger partial charge in [0.05, 0.1) is 38.1 Å². The number of nitrogens with one attached hydrogen (secondary N) is 2. The Kier molecular flexibility index (Phi) is 5.51. The van der Waals surface area contributed by atoms with Crippen molar-refractivity contribution in [3.63, 3.8) is 0 Å². The number of amides is 2. The predicted molar refractivity (Wildman–Crippen MR) is 99.8 cm³/mol. The average molecular weight is 384 g/mol. The monoisotopic (exact) mass is 384 g/mol. The van der Waals surface area contributed by atoms with Crippen LogP contribution in [0.4, 0.5) is 5.69 Å². The highest BCUT2D eigenvalue weighted by Gasteiger charge is 2.36. The lowest BCUT2D eigenvalue weighted by Gasteiger charge is -2.25. The van der Waals surface area contributed by atoms with Gasteiger partial charge in [-0.1, -0.05) is 6.07 Å². The molecule has 0 fully saturated rings. The molecule has 2 aromatic heterocycles. The van der Waals surface area contributed by atoms with Gasteiger partial charge in [-0.15, -0.1) is 0 Å². The van der Waals surface area contributed by atoms with Crippen molar-refractivity contribution in [2.45, 2.75) is 12.5 Å². The molecule has 0 aliphatic rings. The standard InChI is InChI=1S/C20H20N2O6/c1-13-5-6-16(26-2)15(10-13)22-19(24)18(23)21-12-20(25,14-7-9-27-11-14)17-4-3-8-28-17/h3-11,25H,12H2,1-2H3,(H,21,23)(H,22,24). The quantitative estimate of drug-likeness (QED) is 0.562. The summed E-state index contributed by atoms with van der Waals surface area (Å²) in [6.45, 7) is 1.56. The van der Waals surface area contributed by atoms with Crippen LogP contribution in [-0.2, 0) is 15.2 Å². The summed E-state index contributed by atoms with van der Waals surface area (Å²) in [5.41, 5.74) is -0.0426. The van der Waals surface area contributed by atoms with Gasteiger partial charge in [-0.2, -0.15) is 0 Å². The maximum absolute atomic E-state index is 12.3. The first-order valence-electron chi connectivity index (χ1n) is 8.47. The molecule has 1 atom stereocenters. The Labute approximate surface area is 161 Å². The van der Waals surface area contributed by atoms with Crippen LogP contribution in [-0.4, -0.2) is 30.6 Å². The van der Waals surface area contributed by atoms with Gasteiger partial charge in [-0.25, -0.2) is 0 Å². The Balaban J connectivity index is 1.72. The van der Waals surface area contributed by atoms with Crippen LogP contribution >= 0.6 is 0 Å². The summed E-state index contributed by atoms with van der Waals surface area (Å²) in [4.78, 5) is 24.6. The summed E-state index contributed by atoms with van der Waals surface area (Å²) in [5.74, 6) is -1.18. The summed E-state index contributed by atoms with van der Waals surface area (Å²) < 4.78 is 15.5. The zero-order chi connectivity index (χ0) is 20.1. The second kappa shape index (κ2) is 8.01. The van der Waals surface area contributed by atoms with E-state index >= 15 is 0 Å². The van der Waals surface area contributed by atoms with Crippen molar-refractivity contribution in [2.24, 2.45) is 0 Å². The molecular weight excluding hydrogens is 364 g/mol. The van der Waals surface area contributed by atoms with Crippen molar-refractivity contribution in [3.05, 3.63) is 72.1 Å². The van der Waals surface area contributed by atoms with Crippen LogP contribution in [0.25, 0.3) is 0 Å². The number of furan rings is 2. The van der Waals surface area contributed by atoms with Crippen LogP contribution in [0.15, 0.2) is 64.0 Å². The van der Waals surface area contributed by atoms with Crippen LogP contribution in [0.2, 0.25) is 0 Å². The number of rotatable bonds is 6. The summed E-state index contributed by atoms with van der Waals surface area (Å²) in [5, 5.41) is 16.0. The first-order valence-corrected chi connectivity index (χ1v) is 8.47. The van der Waals surface area contributed by atoms with Crippen molar-refractivity contribution in [1.29, 1.82) is 0 Å². The lowest BCUT2D eigenvalue weighted by Crippen LogP contribution is -2.45. The minimum atomic E-state index is -1.69. The zero-order valence-electron chi connectivity index (χ0n) is 15.4.